The van der Waals surface area contributed by atoms with Gasteiger partial charge < -0.3 is 15.0 Å². The van der Waals surface area contributed by atoms with Crippen LogP contribution in [0.15, 0.2) is 48.5 Å². The van der Waals surface area contributed by atoms with Crippen LogP contribution in [0.3, 0.4) is 0 Å². The number of para-hydroxylation sites is 1. The van der Waals surface area contributed by atoms with Gasteiger partial charge in [-0.3, -0.25) is 4.79 Å². The number of likely N-dealkylation sites (N-methyl/N-ethyl adjacent to an activating group) is 1. The third-order valence-electron chi connectivity index (χ3n) is 3.30. The number of carbonyl (C=O) groups is 1. The standard InChI is InChI=1S/C17H20N2O2/c1-13-9-10-16(21-3)15(11-13)18-12-17(20)19(2)14-7-5-4-6-8-14/h4-11,18H,12H2,1-3H3. The van der Waals surface area contributed by atoms with Gasteiger partial charge in [-0.15, -0.1) is 0 Å². The number of nitrogens with one attached hydrogen (secondary N) is 1. The predicted octanol–water partition coefficient (Wildman–Crippen LogP) is 3.08. The van der Waals surface area contributed by atoms with Crippen molar-refractivity contribution in [2.45, 2.75) is 6.92 Å². The molecule has 0 atom stereocenters. The summed E-state index contributed by atoms with van der Waals surface area (Å²) in [6.07, 6.45) is 0. The summed E-state index contributed by atoms with van der Waals surface area (Å²) in [5.74, 6) is 0.723. The molecule has 0 aliphatic carbocycles. The number of rotatable bonds is 5. The summed E-state index contributed by atoms with van der Waals surface area (Å²) < 4.78 is 5.29. The molecular weight excluding hydrogens is 264 g/mol. The molecule has 2 aromatic rings. The molecule has 0 aliphatic rings. The van der Waals surface area contributed by atoms with E-state index in [1.54, 1.807) is 19.1 Å². The maximum Gasteiger partial charge on any atom is 0.246 e. The molecule has 110 valence electrons. The van der Waals surface area contributed by atoms with Crippen molar-refractivity contribution in [3.63, 3.8) is 0 Å². The van der Waals surface area contributed by atoms with Crippen LogP contribution >= 0.6 is 0 Å². The van der Waals surface area contributed by atoms with Crippen LogP contribution in [0, 0.1) is 6.92 Å². The van der Waals surface area contributed by atoms with Crippen LogP contribution < -0.4 is 15.0 Å². The summed E-state index contributed by atoms with van der Waals surface area (Å²) in [7, 11) is 3.39. The average molecular weight is 284 g/mol. The van der Waals surface area contributed by atoms with E-state index in [1.807, 2.05) is 55.5 Å². The molecule has 0 fully saturated rings. The average Bonchev–Trinajstić information content (AvgIpc) is 2.52. The Hall–Kier alpha value is -2.49. The second kappa shape index (κ2) is 6.79. The van der Waals surface area contributed by atoms with E-state index < -0.39 is 0 Å². The quantitative estimate of drug-likeness (QED) is 0.917. The predicted molar refractivity (Wildman–Crippen MR) is 86.1 cm³/mol. The lowest BCUT2D eigenvalue weighted by atomic mass is 10.2. The number of nitrogens with zero attached hydrogens (tertiary/aromatic N) is 1. The van der Waals surface area contributed by atoms with Crippen molar-refractivity contribution in [3.8, 4) is 5.75 Å². The maximum atomic E-state index is 12.2. The van der Waals surface area contributed by atoms with Crippen LogP contribution in [0.5, 0.6) is 5.75 Å². The van der Waals surface area contributed by atoms with E-state index in [4.69, 9.17) is 4.74 Å². The number of benzene rings is 2. The molecule has 0 heterocycles. The van der Waals surface area contributed by atoms with E-state index >= 15 is 0 Å². The zero-order chi connectivity index (χ0) is 15.2. The van der Waals surface area contributed by atoms with Crippen LogP contribution in [0.4, 0.5) is 11.4 Å². The van der Waals surface area contributed by atoms with Crippen LogP contribution in [-0.4, -0.2) is 26.6 Å². The fourth-order valence-corrected chi connectivity index (χ4v) is 2.04. The zero-order valence-electron chi connectivity index (χ0n) is 12.6. The molecular formula is C17H20N2O2. The largest absolute Gasteiger partial charge is 0.495 e. The van der Waals surface area contributed by atoms with E-state index in [-0.39, 0.29) is 12.5 Å². The third kappa shape index (κ3) is 3.75. The van der Waals surface area contributed by atoms with Crippen molar-refractivity contribution in [1.29, 1.82) is 0 Å². The summed E-state index contributed by atoms with van der Waals surface area (Å²) in [5, 5.41) is 3.14. The molecule has 0 spiro atoms. The fraction of sp³-hybridized carbons (Fsp3) is 0.235. The molecule has 0 saturated heterocycles. The van der Waals surface area contributed by atoms with Crippen molar-refractivity contribution in [2.75, 3.05) is 30.9 Å². The molecule has 2 aromatic carbocycles. The minimum Gasteiger partial charge on any atom is -0.495 e. The normalized spacial score (nSPS) is 10.0. The van der Waals surface area contributed by atoms with Crippen molar-refractivity contribution in [3.05, 3.63) is 54.1 Å². The topological polar surface area (TPSA) is 41.6 Å². The minimum atomic E-state index is -0.00948. The van der Waals surface area contributed by atoms with Gasteiger partial charge in [0.25, 0.3) is 0 Å². The van der Waals surface area contributed by atoms with Crippen LogP contribution in [0.25, 0.3) is 0 Å². The van der Waals surface area contributed by atoms with Crippen LogP contribution in [0.2, 0.25) is 0 Å². The Bertz CT molecular complexity index is 611. The van der Waals surface area contributed by atoms with Gasteiger partial charge in [0.15, 0.2) is 0 Å². The number of anilines is 2. The summed E-state index contributed by atoms with van der Waals surface area (Å²) in [6, 6.07) is 15.4. The maximum absolute atomic E-state index is 12.2. The fourth-order valence-electron chi connectivity index (χ4n) is 2.04. The molecule has 4 heteroatoms. The Balaban J connectivity index is 2.03. The Morgan fingerprint density at radius 2 is 1.90 bits per heavy atom. The van der Waals surface area contributed by atoms with E-state index in [9.17, 15) is 4.79 Å². The Kier molecular flexibility index (Phi) is 4.82. The second-order valence-corrected chi connectivity index (χ2v) is 4.85. The summed E-state index contributed by atoms with van der Waals surface area (Å²) in [6.45, 7) is 2.22. The molecule has 0 aromatic heterocycles. The van der Waals surface area contributed by atoms with Gasteiger partial charge in [-0.1, -0.05) is 24.3 Å². The number of aryl methyl sites for hydroxylation is 1. The number of ether oxygens (including phenoxy) is 1. The van der Waals surface area contributed by atoms with Gasteiger partial charge in [0.05, 0.1) is 19.3 Å². The van der Waals surface area contributed by atoms with E-state index in [1.165, 1.54) is 0 Å². The lowest BCUT2D eigenvalue weighted by molar-refractivity contribution is -0.116. The van der Waals surface area contributed by atoms with Crippen molar-refractivity contribution >= 4 is 17.3 Å². The molecule has 21 heavy (non-hydrogen) atoms. The Morgan fingerprint density at radius 1 is 1.19 bits per heavy atom. The van der Waals surface area contributed by atoms with E-state index in [2.05, 4.69) is 5.32 Å². The highest BCUT2D eigenvalue weighted by atomic mass is 16.5. The van der Waals surface area contributed by atoms with Gasteiger partial charge in [0.1, 0.15) is 5.75 Å². The molecule has 0 unspecified atom stereocenters. The summed E-state index contributed by atoms with van der Waals surface area (Å²) >= 11 is 0. The molecule has 0 radical (unpaired) electrons. The van der Waals surface area contributed by atoms with Crippen molar-refractivity contribution in [2.24, 2.45) is 0 Å². The molecule has 4 nitrogen and oxygen atoms in total. The van der Waals surface area contributed by atoms with Gasteiger partial charge >= 0.3 is 0 Å². The molecule has 0 bridgehead atoms. The zero-order valence-corrected chi connectivity index (χ0v) is 12.6. The lowest BCUT2D eigenvalue weighted by Gasteiger charge is -2.18. The van der Waals surface area contributed by atoms with Crippen LogP contribution in [0.1, 0.15) is 5.56 Å². The lowest BCUT2D eigenvalue weighted by Crippen LogP contribution is -2.32. The van der Waals surface area contributed by atoms with Gasteiger partial charge in [-0.05, 0) is 36.8 Å². The number of methoxy groups -OCH3 is 1. The first-order chi connectivity index (χ1) is 10.1. The highest BCUT2D eigenvalue weighted by Crippen LogP contribution is 2.25. The molecule has 0 aliphatic heterocycles. The Morgan fingerprint density at radius 3 is 2.57 bits per heavy atom. The first-order valence-electron chi connectivity index (χ1n) is 6.82. The number of carbonyl (C=O) groups excluding carboxylic acids is 1. The smallest absolute Gasteiger partial charge is 0.246 e. The Labute approximate surface area is 125 Å². The van der Waals surface area contributed by atoms with Crippen LogP contribution in [-0.2, 0) is 4.79 Å². The summed E-state index contributed by atoms with van der Waals surface area (Å²) in [5.41, 5.74) is 2.81. The first-order valence-corrected chi connectivity index (χ1v) is 6.82. The number of hydrogen-bond donors (Lipinski definition) is 1. The van der Waals surface area contributed by atoms with Gasteiger partial charge in [0.2, 0.25) is 5.91 Å². The third-order valence-corrected chi connectivity index (χ3v) is 3.30. The molecule has 0 saturated carbocycles. The van der Waals surface area contributed by atoms with E-state index in [0.29, 0.717) is 0 Å². The van der Waals surface area contributed by atoms with Crippen molar-refractivity contribution < 1.29 is 9.53 Å². The highest BCUT2D eigenvalue weighted by molar-refractivity contribution is 5.95. The van der Waals surface area contributed by atoms with Gasteiger partial charge in [-0.25, -0.2) is 0 Å². The highest BCUT2D eigenvalue weighted by Gasteiger charge is 2.11. The monoisotopic (exact) mass is 284 g/mol. The summed E-state index contributed by atoms with van der Waals surface area (Å²) in [4.78, 5) is 13.9. The molecule has 2 rings (SSSR count). The second-order valence-electron chi connectivity index (χ2n) is 4.85. The number of amides is 1. The molecule has 1 N–H and O–H groups in total. The minimum absolute atomic E-state index is 0.00948. The van der Waals surface area contributed by atoms with E-state index in [0.717, 1.165) is 22.7 Å². The van der Waals surface area contributed by atoms with Gasteiger partial charge in [0, 0.05) is 12.7 Å². The van der Waals surface area contributed by atoms with Gasteiger partial charge in [-0.2, -0.15) is 0 Å². The van der Waals surface area contributed by atoms with Crippen molar-refractivity contribution in [1.82, 2.24) is 0 Å². The number of hydrogen-bond acceptors (Lipinski definition) is 3. The first kappa shape index (κ1) is 14.9. The SMILES string of the molecule is COc1ccc(C)cc1NCC(=O)N(C)c1ccccc1. The molecule has 1 amide bonds.